The molecule has 0 radical (unpaired) electrons. The number of β-amino-alcohol motifs (C(OH)–C–C–N with tert-alkyl or cyclic N) is 1. The number of carbonyl (C=O) groups is 2. The summed E-state index contributed by atoms with van der Waals surface area (Å²) in [6.45, 7) is 2.89. The van der Waals surface area contributed by atoms with Crippen LogP contribution in [0, 0.1) is 0 Å². The minimum Gasteiger partial charge on any atom is -0.496 e. The Labute approximate surface area is 287 Å². The molecule has 2 fully saturated rings. The van der Waals surface area contributed by atoms with Crippen LogP contribution in [0.3, 0.4) is 0 Å². The third-order valence-corrected chi connectivity index (χ3v) is 9.11. The number of nitrogens with zero attached hydrogens (tertiary/aromatic N) is 4. The summed E-state index contributed by atoms with van der Waals surface area (Å²) in [5, 5.41) is 19.3. The number of anilines is 1. The molecule has 1 unspecified atom stereocenters. The van der Waals surface area contributed by atoms with E-state index in [9.17, 15) is 14.7 Å². The number of rotatable bonds is 12. The maximum Gasteiger partial charge on any atom is 0.274 e. The average Bonchev–Trinajstić information content (AvgIpc) is 3.50. The number of likely N-dealkylation sites (tertiary alicyclic amines) is 1. The number of aliphatic hydroxyl groups excluding tert-OH is 1. The minimum absolute atomic E-state index is 0.0810. The first kappa shape index (κ1) is 33.6. The molecule has 1 atom stereocenters. The van der Waals surface area contributed by atoms with Gasteiger partial charge < -0.3 is 30.5 Å². The molecule has 4 aromatic rings. The molecule has 3 aromatic heterocycles. The van der Waals surface area contributed by atoms with Gasteiger partial charge in [-0.05, 0) is 24.6 Å². The Morgan fingerprint density at radius 2 is 1.90 bits per heavy atom. The van der Waals surface area contributed by atoms with Gasteiger partial charge >= 0.3 is 0 Å². The summed E-state index contributed by atoms with van der Waals surface area (Å²) >= 11 is 13.8. The van der Waals surface area contributed by atoms with Gasteiger partial charge in [0.25, 0.3) is 5.91 Å². The van der Waals surface area contributed by atoms with Crippen molar-refractivity contribution in [2.75, 3.05) is 39.2 Å². The molecular formula is C34H35Cl2N7O5. The highest BCUT2D eigenvalue weighted by atomic mass is 35.5. The van der Waals surface area contributed by atoms with E-state index in [-0.39, 0.29) is 28.8 Å². The predicted molar refractivity (Wildman–Crippen MR) is 182 cm³/mol. The molecule has 4 N–H and O–H groups in total. The Morgan fingerprint density at radius 3 is 2.62 bits per heavy atom. The van der Waals surface area contributed by atoms with E-state index in [0.717, 1.165) is 17.5 Å². The molecule has 250 valence electrons. The molecule has 0 spiro atoms. The fourth-order valence-corrected chi connectivity index (χ4v) is 6.35. The van der Waals surface area contributed by atoms with Crippen LogP contribution in [0.5, 0.6) is 11.6 Å². The van der Waals surface area contributed by atoms with Gasteiger partial charge in [0, 0.05) is 85.9 Å². The number of aromatic nitrogens is 3. The highest BCUT2D eigenvalue weighted by Gasteiger charge is 2.26. The van der Waals surface area contributed by atoms with E-state index in [4.69, 9.17) is 37.7 Å². The number of halogens is 2. The lowest BCUT2D eigenvalue weighted by molar-refractivity contribution is -0.119. The summed E-state index contributed by atoms with van der Waals surface area (Å²) in [6, 6.07) is 12.5. The lowest BCUT2D eigenvalue weighted by Crippen LogP contribution is -2.49. The average molecular weight is 693 g/mol. The number of aliphatic hydroxyl groups is 1. The van der Waals surface area contributed by atoms with Crippen molar-refractivity contribution in [3.05, 3.63) is 81.7 Å². The summed E-state index contributed by atoms with van der Waals surface area (Å²) in [5.74, 6) is 0.588. The van der Waals surface area contributed by atoms with Crippen LogP contribution in [-0.2, 0) is 17.9 Å². The van der Waals surface area contributed by atoms with E-state index in [0.29, 0.717) is 84.0 Å². The van der Waals surface area contributed by atoms with Gasteiger partial charge in [-0.25, -0.2) is 4.98 Å². The lowest BCUT2D eigenvalue weighted by Gasteiger charge is -2.35. The Morgan fingerprint density at radius 1 is 1.06 bits per heavy atom. The number of nitrogens with one attached hydrogen (secondary N) is 3. The van der Waals surface area contributed by atoms with Crippen LogP contribution in [0.1, 0.15) is 34.5 Å². The van der Waals surface area contributed by atoms with E-state index in [2.05, 4.69) is 30.8 Å². The van der Waals surface area contributed by atoms with Gasteiger partial charge in [0.15, 0.2) is 0 Å². The van der Waals surface area contributed by atoms with Crippen molar-refractivity contribution in [3.63, 3.8) is 0 Å². The molecule has 1 aromatic carbocycles. The second-order valence-electron chi connectivity index (χ2n) is 11.7. The first-order chi connectivity index (χ1) is 23.2. The maximum absolute atomic E-state index is 13.3. The molecule has 14 heteroatoms. The molecule has 2 aliphatic heterocycles. The van der Waals surface area contributed by atoms with Crippen LogP contribution >= 0.6 is 23.2 Å². The number of benzene rings is 1. The largest absolute Gasteiger partial charge is 0.496 e. The van der Waals surface area contributed by atoms with Crippen molar-refractivity contribution in [1.29, 1.82) is 0 Å². The number of methoxy groups -OCH3 is 2. The van der Waals surface area contributed by atoms with Gasteiger partial charge in [-0.1, -0.05) is 41.4 Å². The van der Waals surface area contributed by atoms with Crippen molar-refractivity contribution in [3.8, 4) is 34.1 Å². The van der Waals surface area contributed by atoms with Crippen LogP contribution in [0.15, 0.2) is 54.9 Å². The number of hydrogen-bond donors (Lipinski definition) is 4. The molecular weight excluding hydrogens is 657 g/mol. The summed E-state index contributed by atoms with van der Waals surface area (Å²) in [5.41, 5.74) is 4.34. The monoisotopic (exact) mass is 691 g/mol. The first-order valence-electron chi connectivity index (χ1n) is 15.5. The summed E-state index contributed by atoms with van der Waals surface area (Å²) < 4.78 is 11.1. The molecule has 5 heterocycles. The fraction of sp³-hybridized carbons (Fsp3) is 0.324. The van der Waals surface area contributed by atoms with Gasteiger partial charge in [0.2, 0.25) is 11.8 Å². The number of ether oxygens (including phenoxy) is 2. The zero-order chi connectivity index (χ0) is 33.8. The third-order valence-electron chi connectivity index (χ3n) is 8.32. The number of pyridine rings is 3. The number of carbonyl (C=O) groups excluding carboxylic acids is 2. The normalized spacial score (nSPS) is 16.4. The molecule has 0 aliphatic carbocycles. The predicted octanol–water partition coefficient (Wildman–Crippen LogP) is 4.33. The third kappa shape index (κ3) is 7.38. The molecule has 48 heavy (non-hydrogen) atoms. The van der Waals surface area contributed by atoms with Gasteiger partial charge in [0.1, 0.15) is 11.4 Å². The Bertz CT molecular complexity index is 1840. The van der Waals surface area contributed by atoms with Crippen LogP contribution in [0.4, 0.5) is 5.69 Å². The summed E-state index contributed by atoms with van der Waals surface area (Å²) in [6.07, 6.45) is 4.28. The number of amides is 2. The van der Waals surface area contributed by atoms with Crippen molar-refractivity contribution >= 4 is 40.7 Å². The van der Waals surface area contributed by atoms with E-state index in [1.807, 2.05) is 12.1 Å². The first-order valence-corrected chi connectivity index (χ1v) is 16.2. The zero-order valence-electron chi connectivity index (χ0n) is 26.4. The van der Waals surface area contributed by atoms with Crippen molar-refractivity contribution in [2.45, 2.75) is 38.1 Å². The fourth-order valence-electron chi connectivity index (χ4n) is 5.78. The standard InChI is InChI=1S/C34H35Cl2N7O5/c1-47-28-12-27(39-14-20(28)16-43-17-22(44)18-43)33(46)41-26-5-3-4-24(30(26)35)32-31(36)23(10-11-38-32)25-8-6-19(34(42-25)48-2)13-37-15-21-7-9-29(45)40-21/h3-6,8,10-12,14,21-22,37,44H,7,9,13,15-18H2,1-2H3,(H,40,45)(H,41,46). The summed E-state index contributed by atoms with van der Waals surface area (Å²) in [4.78, 5) is 40.4. The quantitative estimate of drug-likeness (QED) is 0.169. The molecule has 0 saturated carbocycles. The van der Waals surface area contributed by atoms with E-state index >= 15 is 0 Å². The van der Waals surface area contributed by atoms with E-state index in [1.165, 1.54) is 7.11 Å². The zero-order valence-corrected chi connectivity index (χ0v) is 27.9. The van der Waals surface area contributed by atoms with Crippen molar-refractivity contribution in [1.82, 2.24) is 30.5 Å². The Hall–Kier alpha value is -4.33. The number of hydrogen-bond acceptors (Lipinski definition) is 10. The second kappa shape index (κ2) is 14.8. The van der Waals surface area contributed by atoms with Crippen molar-refractivity contribution < 1.29 is 24.2 Å². The highest BCUT2D eigenvalue weighted by molar-refractivity contribution is 6.39. The SMILES string of the molecule is COc1cc(C(=O)Nc2cccc(-c3nccc(-c4ccc(CNCC5CCC(=O)N5)c(OC)n4)c3Cl)c2Cl)ncc1CN1CC(O)C1. The van der Waals surface area contributed by atoms with E-state index in [1.54, 1.807) is 49.8 Å². The van der Waals surface area contributed by atoms with E-state index < -0.39 is 5.91 Å². The van der Waals surface area contributed by atoms with Gasteiger partial charge in [-0.15, -0.1) is 0 Å². The van der Waals surface area contributed by atoms with Crippen molar-refractivity contribution in [2.24, 2.45) is 0 Å². The Balaban J connectivity index is 1.18. The van der Waals surface area contributed by atoms with Gasteiger partial charge in [-0.3, -0.25) is 24.5 Å². The molecule has 2 saturated heterocycles. The van der Waals surface area contributed by atoms with Crippen LogP contribution in [-0.4, -0.2) is 82.8 Å². The summed E-state index contributed by atoms with van der Waals surface area (Å²) in [7, 11) is 3.10. The molecule has 2 aliphatic rings. The molecule has 2 amide bonds. The van der Waals surface area contributed by atoms with Gasteiger partial charge in [-0.2, -0.15) is 0 Å². The van der Waals surface area contributed by atoms with Crippen LogP contribution in [0.2, 0.25) is 10.0 Å². The molecule has 0 bridgehead atoms. The maximum atomic E-state index is 13.3. The topological polar surface area (TPSA) is 151 Å². The molecule has 12 nitrogen and oxygen atoms in total. The molecule has 6 rings (SSSR count). The second-order valence-corrected chi connectivity index (χ2v) is 12.4. The van der Waals surface area contributed by atoms with Gasteiger partial charge in [0.05, 0.1) is 47.4 Å². The van der Waals surface area contributed by atoms with Crippen LogP contribution in [0.25, 0.3) is 22.5 Å². The Kier molecular flexibility index (Phi) is 10.4. The minimum atomic E-state index is -0.468. The smallest absolute Gasteiger partial charge is 0.274 e. The van der Waals surface area contributed by atoms with Crippen LogP contribution < -0.4 is 25.4 Å². The highest BCUT2D eigenvalue weighted by Crippen LogP contribution is 2.40. The lowest BCUT2D eigenvalue weighted by atomic mass is 10.1.